The maximum Gasteiger partial charge on any atom is 0.573 e. The summed E-state index contributed by atoms with van der Waals surface area (Å²) in [6, 6.07) is 8.75. The highest BCUT2D eigenvalue weighted by Crippen LogP contribution is 2.33. The first-order chi connectivity index (χ1) is 14.8. The van der Waals surface area contributed by atoms with Crippen LogP contribution in [0.5, 0.6) is 5.75 Å². The van der Waals surface area contributed by atoms with Gasteiger partial charge in [-0.15, -0.1) is 19.6 Å². The molecule has 1 aliphatic rings. The lowest BCUT2D eigenvalue weighted by atomic mass is 10.1. The zero-order valence-corrected chi connectivity index (χ0v) is 16.7. The molecule has 1 amide bonds. The van der Waals surface area contributed by atoms with Crippen molar-refractivity contribution in [3.63, 3.8) is 0 Å². The van der Waals surface area contributed by atoms with E-state index >= 15 is 0 Å². The molecule has 0 N–H and O–H groups in total. The van der Waals surface area contributed by atoms with Gasteiger partial charge in [0.2, 0.25) is 0 Å². The van der Waals surface area contributed by atoms with Crippen molar-refractivity contribution in [1.82, 2.24) is 14.5 Å². The summed E-state index contributed by atoms with van der Waals surface area (Å²) in [7, 11) is 0. The SMILES string of the molecule is C#Cc1nc2ccc(C(=O)N3CCOCC3)cc2n1-c1ccc(OC(F)(F)F)c(Cl)c1. The van der Waals surface area contributed by atoms with Crippen molar-refractivity contribution in [2.45, 2.75) is 6.36 Å². The molecule has 6 nitrogen and oxygen atoms in total. The van der Waals surface area contributed by atoms with Gasteiger partial charge in [-0.25, -0.2) is 4.98 Å². The number of amides is 1. The van der Waals surface area contributed by atoms with E-state index in [4.69, 9.17) is 22.8 Å². The average molecular weight is 450 g/mol. The number of ether oxygens (including phenoxy) is 2. The van der Waals surface area contributed by atoms with Gasteiger partial charge in [0.25, 0.3) is 5.91 Å². The second-order valence-corrected chi connectivity index (χ2v) is 7.09. The molecule has 2 aromatic carbocycles. The van der Waals surface area contributed by atoms with Crippen molar-refractivity contribution < 1.29 is 27.4 Å². The number of morpholine rings is 1. The minimum absolute atomic E-state index is 0.160. The third-order valence-corrected chi connectivity index (χ3v) is 5.02. The maximum atomic E-state index is 12.9. The first-order valence-corrected chi connectivity index (χ1v) is 9.56. The van der Waals surface area contributed by atoms with Crippen LogP contribution in [0.25, 0.3) is 16.7 Å². The molecule has 0 unspecified atom stereocenters. The summed E-state index contributed by atoms with van der Waals surface area (Å²) in [5.74, 6) is 1.97. The lowest BCUT2D eigenvalue weighted by molar-refractivity contribution is -0.274. The molecule has 31 heavy (non-hydrogen) atoms. The summed E-state index contributed by atoms with van der Waals surface area (Å²) in [4.78, 5) is 18.9. The van der Waals surface area contributed by atoms with Crippen LogP contribution in [0, 0.1) is 12.3 Å². The molecule has 0 radical (unpaired) electrons. The summed E-state index contributed by atoms with van der Waals surface area (Å²) in [6.45, 7) is 1.92. The Morgan fingerprint density at radius 2 is 1.94 bits per heavy atom. The van der Waals surface area contributed by atoms with Crippen LogP contribution >= 0.6 is 11.6 Å². The van der Waals surface area contributed by atoms with Gasteiger partial charge < -0.3 is 14.4 Å². The largest absolute Gasteiger partial charge is 0.573 e. The van der Waals surface area contributed by atoms with Gasteiger partial charge in [-0.1, -0.05) is 11.6 Å². The van der Waals surface area contributed by atoms with Crippen molar-refractivity contribution in [2.75, 3.05) is 26.3 Å². The van der Waals surface area contributed by atoms with Crippen LogP contribution in [-0.2, 0) is 4.74 Å². The number of halogens is 4. The highest BCUT2D eigenvalue weighted by molar-refractivity contribution is 6.32. The summed E-state index contributed by atoms with van der Waals surface area (Å²) < 4.78 is 48.3. The van der Waals surface area contributed by atoms with E-state index in [-0.39, 0.29) is 16.8 Å². The van der Waals surface area contributed by atoms with Gasteiger partial charge in [-0.05, 0) is 42.3 Å². The summed E-state index contributed by atoms with van der Waals surface area (Å²) in [5.41, 5.74) is 1.86. The van der Waals surface area contributed by atoms with E-state index in [2.05, 4.69) is 15.6 Å². The fourth-order valence-electron chi connectivity index (χ4n) is 3.35. The second kappa shape index (κ2) is 8.13. The van der Waals surface area contributed by atoms with E-state index in [1.54, 1.807) is 27.7 Å². The molecule has 0 atom stereocenters. The Hall–Kier alpha value is -3.22. The highest BCUT2D eigenvalue weighted by Gasteiger charge is 2.32. The fraction of sp³-hybridized carbons (Fsp3) is 0.238. The van der Waals surface area contributed by atoms with Gasteiger partial charge in [0.15, 0.2) is 5.82 Å². The number of alkyl halides is 3. The zero-order valence-electron chi connectivity index (χ0n) is 15.9. The molecule has 3 aromatic rings. The van der Waals surface area contributed by atoms with E-state index in [0.717, 1.165) is 6.07 Å². The van der Waals surface area contributed by atoms with Crippen molar-refractivity contribution in [3.8, 4) is 23.8 Å². The Balaban J connectivity index is 1.77. The Morgan fingerprint density at radius 3 is 2.58 bits per heavy atom. The molecule has 0 spiro atoms. The summed E-state index contributed by atoms with van der Waals surface area (Å²) >= 11 is 6.00. The number of rotatable bonds is 3. The molecule has 1 fully saturated rings. The van der Waals surface area contributed by atoms with Crippen LogP contribution in [0.1, 0.15) is 16.2 Å². The molecule has 0 saturated carbocycles. The predicted molar refractivity (Wildman–Crippen MR) is 107 cm³/mol. The van der Waals surface area contributed by atoms with Gasteiger partial charge in [0.1, 0.15) is 5.75 Å². The maximum absolute atomic E-state index is 12.9. The molecule has 4 rings (SSSR count). The number of carbonyl (C=O) groups is 1. The quantitative estimate of drug-likeness (QED) is 0.566. The first kappa shape index (κ1) is 21.0. The van der Waals surface area contributed by atoms with Crippen molar-refractivity contribution in [2.24, 2.45) is 0 Å². The highest BCUT2D eigenvalue weighted by atomic mass is 35.5. The molecule has 1 saturated heterocycles. The van der Waals surface area contributed by atoms with E-state index < -0.39 is 12.1 Å². The average Bonchev–Trinajstić information content (AvgIpc) is 3.12. The third kappa shape index (κ3) is 4.31. The van der Waals surface area contributed by atoms with Gasteiger partial charge in [0, 0.05) is 18.7 Å². The molecule has 160 valence electrons. The predicted octanol–water partition coefficient (Wildman–Crippen LogP) is 4.03. The van der Waals surface area contributed by atoms with Crippen molar-refractivity contribution in [1.29, 1.82) is 0 Å². The van der Waals surface area contributed by atoms with Crippen LogP contribution in [0.4, 0.5) is 13.2 Å². The summed E-state index contributed by atoms with van der Waals surface area (Å²) in [5, 5.41) is -0.250. The normalized spacial score (nSPS) is 14.5. The monoisotopic (exact) mass is 449 g/mol. The molecule has 10 heteroatoms. The third-order valence-electron chi connectivity index (χ3n) is 4.73. The molecule has 2 heterocycles. The Labute approximate surface area is 180 Å². The van der Waals surface area contributed by atoms with Gasteiger partial charge >= 0.3 is 6.36 Å². The van der Waals surface area contributed by atoms with Crippen LogP contribution in [0.15, 0.2) is 36.4 Å². The molecule has 0 bridgehead atoms. The van der Waals surface area contributed by atoms with Crippen LogP contribution < -0.4 is 4.74 Å². The minimum Gasteiger partial charge on any atom is -0.404 e. The smallest absolute Gasteiger partial charge is 0.404 e. The topological polar surface area (TPSA) is 56.6 Å². The van der Waals surface area contributed by atoms with Gasteiger partial charge in [0.05, 0.1) is 35.0 Å². The number of benzene rings is 2. The number of hydrogen-bond donors (Lipinski definition) is 0. The lowest BCUT2D eigenvalue weighted by Crippen LogP contribution is -2.40. The number of hydrogen-bond acceptors (Lipinski definition) is 4. The number of aromatic nitrogens is 2. The minimum atomic E-state index is -4.87. The van der Waals surface area contributed by atoms with E-state index in [1.807, 2.05) is 0 Å². The molecular weight excluding hydrogens is 435 g/mol. The standard InChI is InChI=1S/C21H15ClF3N3O3/c1-2-19-26-16-5-3-13(20(29)27-7-9-30-10-8-27)11-17(16)28(19)14-4-6-18(15(22)12-14)31-21(23,24)25/h1,3-6,11-12H,7-10H2. The van der Waals surface area contributed by atoms with Crippen LogP contribution in [0.3, 0.4) is 0 Å². The number of nitrogens with zero attached hydrogens (tertiary/aromatic N) is 3. The van der Waals surface area contributed by atoms with Crippen molar-refractivity contribution >= 4 is 28.5 Å². The van der Waals surface area contributed by atoms with Crippen molar-refractivity contribution in [3.05, 3.63) is 52.8 Å². The number of imidazole rings is 1. The number of fused-ring (bicyclic) bond motifs is 1. The van der Waals surface area contributed by atoms with Gasteiger partial charge in [-0.3, -0.25) is 9.36 Å². The zero-order chi connectivity index (χ0) is 22.2. The number of carbonyl (C=O) groups excluding carboxylic acids is 1. The molecule has 1 aromatic heterocycles. The van der Waals surface area contributed by atoms with E-state index in [1.165, 1.54) is 12.1 Å². The van der Waals surface area contributed by atoms with E-state index in [9.17, 15) is 18.0 Å². The van der Waals surface area contributed by atoms with Gasteiger partial charge in [-0.2, -0.15) is 0 Å². The summed E-state index contributed by atoms with van der Waals surface area (Å²) in [6.07, 6.45) is 0.720. The Bertz CT molecular complexity index is 1190. The molecule has 1 aliphatic heterocycles. The Kier molecular flexibility index (Phi) is 5.52. The van der Waals surface area contributed by atoms with E-state index in [0.29, 0.717) is 48.6 Å². The Morgan fingerprint density at radius 1 is 1.19 bits per heavy atom. The van der Waals surface area contributed by atoms with Crippen LogP contribution in [0.2, 0.25) is 5.02 Å². The lowest BCUT2D eigenvalue weighted by Gasteiger charge is -2.26. The molecule has 0 aliphatic carbocycles. The van der Waals surface area contributed by atoms with Crippen LogP contribution in [-0.4, -0.2) is 53.0 Å². The fourth-order valence-corrected chi connectivity index (χ4v) is 3.57. The first-order valence-electron chi connectivity index (χ1n) is 9.18. The second-order valence-electron chi connectivity index (χ2n) is 6.69. The number of terminal acetylenes is 1. The molecular formula is C21H15ClF3N3O3.